The van der Waals surface area contributed by atoms with Crippen LogP contribution in [0.15, 0.2) is 39.2 Å². The third kappa shape index (κ3) is 5.30. The molecule has 0 aliphatic heterocycles. The van der Waals surface area contributed by atoms with Crippen molar-refractivity contribution in [3.63, 3.8) is 0 Å². The standard InChI is InChI=1S/C14H19BrN4S.HI/c1-16-14(17-9-12-6-7-13(15)20-12)19(3)10-11-5-4-8-18(11)2;/h4-8H,9-10H2,1-3H3,(H,16,17);1H. The number of guanidine groups is 1. The molecule has 0 spiro atoms. The first-order valence-corrected chi connectivity index (χ1v) is 7.97. The van der Waals surface area contributed by atoms with Crippen molar-refractivity contribution in [2.24, 2.45) is 12.0 Å². The minimum Gasteiger partial charge on any atom is -0.353 e. The number of aryl methyl sites for hydroxylation is 1. The van der Waals surface area contributed by atoms with E-state index in [4.69, 9.17) is 0 Å². The van der Waals surface area contributed by atoms with Gasteiger partial charge in [0.2, 0.25) is 0 Å². The SMILES string of the molecule is CN=C(NCc1ccc(Br)s1)N(C)Cc1cccn1C.I. The van der Waals surface area contributed by atoms with Gasteiger partial charge in [-0.05, 0) is 40.2 Å². The number of hydrogen-bond donors (Lipinski definition) is 1. The van der Waals surface area contributed by atoms with Gasteiger partial charge in [0, 0.05) is 37.9 Å². The van der Waals surface area contributed by atoms with Gasteiger partial charge in [-0.1, -0.05) is 0 Å². The first-order chi connectivity index (χ1) is 9.60. The van der Waals surface area contributed by atoms with E-state index in [9.17, 15) is 0 Å². The Bertz CT molecular complexity index is 593. The summed E-state index contributed by atoms with van der Waals surface area (Å²) in [7, 11) is 5.92. The fraction of sp³-hybridized carbons (Fsp3) is 0.357. The Morgan fingerprint density at radius 1 is 1.43 bits per heavy atom. The van der Waals surface area contributed by atoms with Gasteiger partial charge in [0.25, 0.3) is 0 Å². The quantitative estimate of drug-likeness (QED) is 0.409. The van der Waals surface area contributed by atoms with E-state index >= 15 is 0 Å². The average molecular weight is 483 g/mol. The maximum atomic E-state index is 4.34. The van der Waals surface area contributed by atoms with Crippen LogP contribution in [0.3, 0.4) is 0 Å². The zero-order valence-electron chi connectivity index (χ0n) is 12.3. The van der Waals surface area contributed by atoms with Gasteiger partial charge in [-0.25, -0.2) is 0 Å². The van der Waals surface area contributed by atoms with Gasteiger partial charge >= 0.3 is 0 Å². The molecular weight excluding hydrogens is 463 g/mol. The van der Waals surface area contributed by atoms with E-state index in [0.29, 0.717) is 0 Å². The minimum absolute atomic E-state index is 0. The van der Waals surface area contributed by atoms with Crippen molar-refractivity contribution in [3.8, 4) is 0 Å². The number of aliphatic imine (C=N–C) groups is 1. The second-order valence-corrected chi connectivity index (χ2v) is 7.12. The largest absolute Gasteiger partial charge is 0.353 e. The Kier molecular flexibility index (Phi) is 7.75. The minimum atomic E-state index is 0. The molecule has 0 fully saturated rings. The summed E-state index contributed by atoms with van der Waals surface area (Å²) in [5, 5.41) is 3.39. The molecule has 0 amide bonds. The van der Waals surface area contributed by atoms with Gasteiger partial charge in [-0.15, -0.1) is 35.3 Å². The molecule has 2 rings (SSSR count). The number of thiophene rings is 1. The zero-order valence-corrected chi connectivity index (χ0v) is 17.1. The van der Waals surface area contributed by atoms with Crippen LogP contribution in [0.2, 0.25) is 0 Å². The molecule has 2 aromatic heterocycles. The Hall–Kier alpha value is -0.540. The van der Waals surface area contributed by atoms with Crippen LogP contribution in [-0.2, 0) is 20.1 Å². The molecule has 0 unspecified atom stereocenters. The normalized spacial score (nSPS) is 11.1. The molecule has 2 heterocycles. The van der Waals surface area contributed by atoms with Crippen LogP contribution in [0, 0.1) is 0 Å². The van der Waals surface area contributed by atoms with E-state index in [1.54, 1.807) is 11.3 Å². The lowest BCUT2D eigenvalue weighted by atomic mass is 10.4. The number of hydrogen-bond acceptors (Lipinski definition) is 2. The molecule has 21 heavy (non-hydrogen) atoms. The molecule has 0 saturated heterocycles. The van der Waals surface area contributed by atoms with Gasteiger partial charge in [0.15, 0.2) is 5.96 Å². The first-order valence-electron chi connectivity index (χ1n) is 6.36. The number of aromatic nitrogens is 1. The average Bonchev–Trinajstić information content (AvgIpc) is 3.00. The molecule has 1 N–H and O–H groups in total. The second-order valence-electron chi connectivity index (χ2n) is 4.57. The van der Waals surface area contributed by atoms with Crippen LogP contribution in [0.5, 0.6) is 0 Å². The van der Waals surface area contributed by atoms with Gasteiger partial charge in [-0.2, -0.15) is 0 Å². The van der Waals surface area contributed by atoms with Crippen LogP contribution < -0.4 is 5.32 Å². The molecule has 0 radical (unpaired) electrons. The number of nitrogens with one attached hydrogen (secondary N) is 1. The Morgan fingerprint density at radius 3 is 2.71 bits per heavy atom. The van der Waals surface area contributed by atoms with E-state index in [1.165, 1.54) is 10.6 Å². The van der Waals surface area contributed by atoms with Crippen LogP contribution in [-0.4, -0.2) is 29.5 Å². The molecule has 0 saturated carbocycles. The van der Waals surface area contributed by atoms with Crippen LogP contribution in [0.4, 0.5) is 0 Å². The molecule has 0 bridgehead atoms. The van der Waals surface area contributed by atoms with E-state index in [2.05, 4.69) is 73.2 Å². The predicted octanol–water partition coefficient (Wildman–Crippen LogP) is 3.67. The highest BCUT2D eigenvalue weighted by atomic mass is 127. The van der Waals surface area contributed by atoms with E-state index < -0.39 is 0 Å². The summed E-state index contributed by atoms with van der Waals surface area (Å²) in [6.07, 6.45) is 2.06. The zero-order chi connectivity index (χ0) is 14.5. The van der Waals surface area contributed by atoms with E-state index in [-0.39, 0.29) is 24.0 Å². The molecule has 4 nitrogen and oxygen atoms in total. The fourth-order valence-corrected chi connectivity index (χ4v) is 3.40. The van der Waals surface area contributed by atoms with Crippen LogP contribution in [0.25, 0.3) is 0 Å². The van der Waals surface area contributed by atoms with Crippen molar-refractivity contribution in [1.82, 2.24) is 14.8 Å². The van der Waals surface area contributed by atoms with Gasteiger partial charge in [-0.3, -0.25) is 4.99 Å². The van der Waals surface area contributed by atoms with Gasteiger partial charge in [0.1, 0.15) is 0 Å². The molecule has 0 aliphatic rings. The molecule has 0 aliphatic carbocycles. The smallest absolute Gasteiger partial charge is 0.194 e. The third-order valence-corrected chi connectivity index (χ3v) is 4.70. The third-order valence-electron chi connectivity index (χ3n) is 3.07. The highest BCUT2D eigenvalue weighted by Crippen LogP contribution is 2.21. The van der Waals surface area contributed by atoms with Crippen LogP contribution >= 0.6 is 51.2 Å². The van der Waals surface area contributed by atoms with Crippen LogP contribution in [0.1, 0.15) is 10.6 Å². The Morgan fingerprint density at radius 2 is 2.19 bits per heavy atom. The van der Waals surface area contributed by atoms with Crippen molar-refractivity contribution in [2.45, 2.75) is 13.1 Å². The highest BCUT2D eigenvalue weighted by Gasteiger charge is 2.08. The maximum absolute atomic E-state index is 4.34. The maximum Gasteiger partial charge on any atom is 0.194 e. The summed E-state index contributed by atoms with van der Waals surface area (Å²) in [4.78, 5) is 7.74. The highest BCUT2D eigenvalue weighted by molar-refractivity contribution is 14.0. The molecule has 0 aromatic carbocycles. The second kappa shape index (κ2) is 8.79. The lowest BCUT2D eigenvalue weighted by molar-refractivity contribution is 0.462. The molecular formula is C14H20BrIN4S. The lowest BCUT2D eigenvalue weighted by Gasteiger charge is -2.22. The number of nitrogens with zero attached hydrogens (tertiary/aromatic N) is 3. The number of rotatable bonds is 4. The summed E-state index contributed by atoms with van der Waals surface area (Å²) in [6, 6.07) is 8.37. The fourth-order valence-electron chi connectivity index (χ4n) is 1.98. The lowest BCUT2D eigenvalue weighted by Crippen LogP contribution is -2.38. The van der Waals surface area contributed by atoms with E-state index in [1.807, 2.05) is 14.1 Å². The summed E-state index contributed by atoms with van der Waals surface area (Å²) in [6.45, 7) is 1.62. The predicted molar refractivity (Wildman–Crippen MR) is 105 cm³/mol. The summed E-state index contributed by atoms with van der Waals surface area (Å²) >= 11 is 5.22. The van der Waals surface area contributed by atoms with Gasteiger partial charge < -0.3 is 14.8 Å². The Labute approximate surface area is 155 Å². The van der Waals surface area contributed by atoms with Crippen molar-refractivity contribution < 1.29 is 0 Å². The topological polar surface area (TPSA) is 32.6 Å². The van der Waals surface area contributed by atoms with Crippen molar-refractivity contribution in [3.05, 3.63) is 44.8 Å². The molecule has 0 atom stereocenters. The summed E-state index contributed by atoms with van der Waals surface area (Å²) < 4.78 is 3.28. The molecule has 116 valence electrons. The van der Waals surface area contributed by atoms with Crippen molar-refractivity contribution >= 4 is 57.2 Å². The summed E-state index contributed by atoms with van der Waals surface area (Å²) in [5.74, 6) is 0.899. The van der Waals surface area contributed by atoms with Gasteiger partial charge in [0.05, 0.1) is 16.9 Å². The molecule has 7 heteroatoms. The summed E-state index contributed by atoms with van der Waals surface area (Å²) in [5.41, 5.74) is 1.26. The Balaban J connectivity index is 0.00000220. The molecule has 2 aromatic rings. The van der Waals surface area contributed by atoms with Crippen molar-refractivity contribution in [1.29, 1.82) is 0 Å². The monoisotopic (exact) mass is 482 g/mol. The first kappa shape index (κ1) is 18.5. The van der Waals surface area contributed by atoms with E-state index in [0.717, 1.165) is 22.8 Å². The van der Waals surface area contributed by atoms with Crippen molar-refractivity contribution in [2.75, 3.05) is 14.1 Å². The number of halogens is 2.